The summed E-state index contributed by atoms with van der Waals surface area (Å²) in [6.07, 6.45) is 0.776. The van der Waals surface area contributed by atoms with Crippen LogP contribution in [-0.2, 0) is 0 Å². The smallest absolute Gasteiger partial charge is 0.187 e. The number of hydrogen-bond acceptors (Lipinski definition) is 5. The molecule has 31 heavy (non-hydrogen) atoms. The van der Waals surface area contributed by atoms with E-state index in [0.717, 1.165) is 5.39 Å². The quantitative estimate of drug-likeness (QED) is 0.483. The third kappa shape index (κ3) is 4.56. The first kappa shape index (κ1) is 23.1. The molecular formula is C21H21Cl2F2N5O. The Hall–Kier alpha value is -2.55. The van der Waals surface area contributed by atoms with Crippen molar-refractivity contribution in [2.75, 3.05) is 13.1 Å². The van der Waals surface area contributed by atoms with Crippen LogP contribution in [0.3, 0.4) is 0 Å². The third-order valence-electron chi connectivity index (χ3n) is 5.16. The number of hydrogen-bond donors (Lipinski definition) is 1. The van der Waals surface area contributed by atoms with Crippen LogP contribution in [0.25, 0.3) is 28.1 Å². The van der Waals surface area contributed by atoms with Crippen molar-refractivity contribution in [2.45, 2.75) is 25.1 Å². The summed E-state index contributed by atoms with van der Waals surface area (Å²) >= 11 is 0. The molecule has 1 aromatic carbocycles. The zero-order valence-electron chi connectivity index (χ0n) is 16.4. The maximum atomic E-state index is 14.5. The molecule has 6 nitrogen and oxygen atoms in total. The second-order valence-corrected chi connectivity index (χ2v) is 7.12. The van der Waals surface area contributed by atoms with E-state index in [-0.39, 0.29) is 30.6 Å². The summed E-state index contributed by atoms with van der Waals surface area (Å²) in [5.41, 5.74) is 1.67. The highest BCUT2D eigenvalue weighted by molar-refractivity contribution is 5.86. The van der Waals surface area contributed by atoms with Gasteiger partial charge in [0.2, 0.25) is 0 Å². The summed E-state index contributed by atoms with van der Waals surface area (Å²) in [6, 6.07) is 12.2. The van der Waals surface area contributed by atoms with Crippen LogP contribution in [0.1, 0.15) is 12.8 Å². The van der Waals surface area contributed by atoms with Gasteiger partial charge in [0.1, 0.15) is 35.1 Å². The first-order valence-electron chi connectivity index (χ1n) is 9.61. The summed E-state index contributed by atoms with van der Waals surface area (Å²) in [5, 5.41) is 12.3. The molecule has 3 aromatic heterocycles. The Morgan fingerprint density at radius 1 is 1.00 bits per heavy atom. The minimum absolute atomic E-state index is 0. The molecule has 0 bridgehead atoms. The number of aromatic nitrogens is 4. The number of nitrogens with zero attached hydrogens (tertiary/aromatic N) is 4. The lowest BCUT2D eigenvalue weighted by molar-refractivity contribution is 0.0983. The Morgan fingerprint density at radius 3 is 2.71 bits per heavy atom. The molecule has 0 amide bonds. The van der Waals surface area contributed by atoms with E-state index in [9.17, 15) is 8.78 Å². The van der Waals surface area contributed by atoms with Crippen molar-refractivity contribution in [1.82, 2.24) is 24.9 Å². The molecule has 1 aliphatic heterocycles. The first-order chi connectivity index (χ1) is 14.2. The van der Waals surface area contributed by atoms with Gasteiger partial charge in [-0.1, -0.05) is 18.2 Å². The number of para-hydroxylation sites is 1. The summed E-state index contributed by atoms with van der Waals surface area (Å²) < 4.78 is 35.8. The van der Waals surface area contributed by atoms with Crippen molar-refractivity contribution in [2.24, 2.45) is 0 Å². The maximum Gasteiger partial charge on any atom is 0.187 e. The number of rotatable bonds is 3. The SMILES string of the molecule is Cl.Cl.Fc1ccc2nnc(-c3ccc4cccc(OC5CCNCCC5F)c4n3)n2c1. The highest BCUT2D eigenvalue weighted by Gasteiger charge is 2.25. The van der Waals surface area contributed by atoms with Gasteiger partial charge in [0.15, 0.2) is 11.5 Å². The minimum atomic E-state index is -1.04. The molecule has 0 radical (unpaired) electrons. The lowest BCUT2D eigenvalue weighted by atomic mass is 10.1. The predicted molar refractivity (Wildman–Crippen MR) is 120 cm³/mol. The van der Waals surface area contributed by atoms with E-state index >= 15 is 0 Å². The number of benzene rings is 1. The van der Waals surface area contributed by atoms with Gasteiger partial charge in [0, 0.05) is 11.6 Å². The number of pyridine rings is 2. The Balaban J connectivity index is 0.00000136. The van der Waals surface area contributed by atoms with Gasteiger partial charge in [-0.2, -0.15) is 0 Å². The van der Waals surface area contributed by atoms with Crippen LogP contribution < -0.4 is 10.1 Å². The van der Waals surface area contributed by atoms with Crippen LogP contribution in [0.15, 0.2) is 48.7 Å². The van der Waals surface area contributed by atoms with Gasteiger partial charge in [-0.25, -0.2) is 13.8 Å². The topological polar surface area (TPSA) is 64.3 Å². The van der Waals surface area contributed by atoms with Crippen molar-refractivity contribution in [3.8, 4) is 17.3 Å². The van der Waals surface area contributed by atoms with Crippen molar-refractivity contribution in [1.29, 1.82) is 0 Å². The van der Waals surface area contributed by atoms with Crippen molar-refractivity contribution in [3.05, 3.63) is 54.5 Å². The van der Waals surface area contributed by atoms with E-state index in [4.69, 9.17) is 9.72 Å². The van der Waals surface area contributed by atoms with Gasteiger partial charge < -0.3 is 10.1 Å². The fourth-order valence-corrected chi connectivity index (χ4v) is 3.65. The van der Waals surface area contributed by atoms with Gasteiger partial charge in [0.25, 0.3) is 0 Å². The molecule has 1 saturated heterocycles. The Kier molecular flexibility index (Phi) is 7.25. The summed E-state index contributed by atoms with van der Waals surface area (Å²) in [4.78, 5) is 4.70. The number of halogens is 4. The van der Waals surface area contributed by atoms with Gasteiger partial charge >= 0.3 is 0 Å². The molecule has 0 aliphatic carbocycles. The van der Waals surface area contributed by atoms with Crippen LogP contribution in [-0.4, -0.2) is 44.9 Å². The molecule has 2 unspecified atom stereocenters. The maximum absolute atomic E-state index is 14.5. The monoisotopic (exact) mass is 467 g/mol. The second kappa shape index (κ2) is 9.72. The summed E-state index contributed by atoms with van der Waals surface area (Å²) in [6.45, 7) is 1.36. The molecule has 10 heteroatoms. The second-order valence-electron chi connectivity index (χ2n) is 7.12. The van der Waals surface area contributed by atoms with Crippen molar-refractivity contribution >= 4 is 41.4 Å². The van der Waals surface area contributed by atoms with Gasteiger partial charge in [-0.3, -0.25) is 4.40 Å². The van der Waals surface area contributed by atoms with Crippen molar-refractivity contribution < 1.29 is 13.5 Å². The van der Waals surface area contributed by atoms with E-state index in [1.807, 2.05) is 18.2 Å². The van der Waals surface area contributed by atoms with E-state index in [2.05, 4.69) is 15.5 Å². The molecule has 0 saturated carbocycles. The average Bonchev–Trinajstić information content (AvgIpc) is 3.04. The Labute approximate surface area is 189 Å². The highest BCUT2D eigenvalue weighted by Crippen LogP contribution is 2.29. The van der Waals surface area contributed by atoms with Gasteiger partial charge in [-0.05, 0) is 50.2 Å². The van der Waals surface area contributed by atoms with Crippen LogP contribution in [0, 0.1) is 5.82 Å². The summed E-state index contributed by atoms with van der Waals surface area (Å²) in [7, 11) is 0. The molecule has 0 spiro atoms. The predicted octanol–water partition coefficient (Wildman–Crippen LogP) is 4.40. The standard InChI is InChI=1S/C21H19F2N5O.2ClH/c22-14-5-7-19-26-27-21(28(19)12-14)16-6-4-13-2-1-3-18(20(13)25-16)29-17-9-11-24-10-8-15(17)23;;/h1-7,12,15,17,24H,8-11H2;2*1H. The zero-order valence-corrected chi connectivity index (χ0v) is 18.0. The minimum Gasteiger partial charge on any atom is -0.485 e. The molecule has 164 valence electrons. The van der Waals surface area contributed by atoms with Gasteiger partial charge in [-0.15, -0.1) is 35.0 Å². The Bertz CT molecular complexity index is 1190. The fraction of sp³-hybridized carbons (Fsp3) is 0.286. The number of alkyl halides is 1. The largest absolute Gasteiger partial charge is 0.485 e. The fourth-order valence-electron chi connectivity index (χ4n) is 3.65. The van der Waals surface area contributed by atoms with E-state index in [1.54, 1.807) is 22.6 Å². The van der Waals surface area contributed by atoms with Crippen LogP contribution >= 0.6 is 24.8 Å². The van der Waals surface area contributed by atoms with E-state index < -0.39 is 12.3 Å². The first-order valence-corrected chi connectivity index (χ1v) is 9.61. The van der Waals surface area contributed by atoms with E-state index in [1.165, 1.54) is 12.3 Å². The number of nitrogens with one attached hydrogen (secondary N) is 1. The molecule has 4 aromatic rings. The molecule has 1 aliphatic rings. The van der Waals surface area contributed by atoms with Crippen LogP contribution in [0.5, 0.6) is 5.75 Å². The van der Waals surface area contributed by atoms with Crippen LogP contribution in [0.4, 0.5) is 8.78 Å². The lowest BCUT2D eigenvalue weighted by Gasteiger charge is -2.21. The third-order valence-corrected chi connectivity index (χ3v) is 5.16. The average molecular weight is 468 g/mol. The van der Waals surface area contributed by atoms with Crippen LogP contribution in [0.2, 0.25) is 0 Å². The lowest BCUT2D eigenvalue weighted by Crippen LogP contribution is -2.28. The molecular weight excluding hydrogens is 447 g/mol. The van der Waals surface area contributed by atoms with Crippen molar-refractivity contribution in [3.63, 3.8) is 0 Å². The molecule has 4 heterocycles. The molecule has 1 fully saturated rings. The number of ether oxygens (including phenoxy) is 1. The highest BCUT2D eigenvalue weighted by atomic mass is 35.5. The molecule has 2 atom stereocenters. The molecule has 1 N–H and O–H groups in total. The molecule has 5 rings (SSSR count). The van der Waals surface area contributed by atoms with Gasteiger partial charge in [0.05, 0.1) is 0 Å². The van der Waals surface area contributed by atoms with E-state index in [0.29, 0.717) is 54.4 Å². The zero-order chi connectivity index (χ0) is 19.8. The number of fused-ring (bicyclic) bond motifs is 2. The summed E-state index contributed by atoms with van der Waals surface area (Å²) in [5.74, 6) is 0.566. The normalized spacial score (nSPS) is 18.8. The Morgan fingerprint density at radius 2 is 1.84 bits per heavy atom.